The zero-order valence-electron chi connectivity index (χ0n) is 17.9. The van der Waals surface area contributed by atoms with Crippen molar-refractivity contribution in [3.05, 3.63) is 68.7 Å². The van der Waals surface area contributed by atoms with Crippen LogP contribution >= 0.6 is 23.2 Å². The highest BCUT2D eigenvalue weighted by molar-refractivity contribution is 6.36. The van der Waals surface area contributed by atoms with Crippen molar-refractivity contribution in [1.29, 1.82) is 0 Å². The number of morpholine rings is 1. The molecule has 4 rings (SSSR count). The molecule has 1 amide bonds. The summed E-state index contributed by atoms with van der Waals surface area (Å²) in [6.45, 7) is 3.91. The molecule has 4 nitrogen and oxygen atoms in total. The second-order valence-corrected chi connectivity index (χ2v) is 9.17. The number of hydrogen-bond acceptors (Lipinski definition) is 3. The molecule has 0 unspecified atom stereocenters. The molecular weight excluding hydrogens is 457 g/mol. The maximum absolute atomic E-state index is 15.3. The number of amides is 1. The number of fused-ring (bicyclic) bond motifs is 1. The first kappa shape index (κ1) is 23.4. The summed E-state index contributed by atoms with van der Waals surface area (Å²) in [7, 11) is 0. The lowest BCUT2D eigenvalue weighted by atomic mass is 9.87. The third-order valence-electron chi connectivity index (χ3n) is 6.36. The molecule has 0 N–H and O–H groups in total. The number of alkyl halides is 2. The van der Waals surface area contributed by atoms with Gasteiger partial charge < -0.3 is 9.64 Å². The van der Waals surface area contributed by atoms with Crippen LogP contribution in [0, 0.1) is 0 Å². The highest BCUT2D eigenvalue weighted by atomic mass is 35.5. The van der Waals surface area contributed by atoms with Gasteiger partial charge in [-0.25, -0.2) is 0 Å². The summed E-state index contributed by atoms with van der Waals surface area (Å²) in [6, 6.07) is 9.85. The van der Waals surface area contributed by atoms with Gasteiger partial charge in [-0.1, -0.05) is 47.5 Å². The first-order chi connectivity index (χ1) is 15.3. The number of halogens is 4. The molecule has 0 radical (unpaired) electrons. The van der Waals surface area contributed by atoms with E-state index in [2.05, 4.69) is 0 Å². The van der Waals surface area contributed by atoms with Gasteiger partial charge >= 0.3 is 0 Å². The molecule has 0 spiro atoms. The maximum Gasteiger partial charge on any atom is 0.285 e. The zero-order valence-corrected chi connectivity index (χ0v) is 19.4. The quantitative estimate of drug-likeness (QED) is 0.593. The third kappa shape index (κ3) is 4.79. The lowest BCUT2D eigenvalue weighted by molar-refractivity contribution is -0.133. The molecule has 32 heavy (non-hydrogen) atoms. The van der Waals surface area contributed by atoms with Crippen molar-refractivity contribution in [3.63, 3.8) is 0 Å². The van der Waals surface area contributed by atoms with Crippen LogP contribution in [-0.2, 0) is 28.3 Å². The van der Waals surface area contributed by atoms with E-state index in [1.807, 2.05) is 13.0 Å². The largest absolute Gasteiger partial charge is 0.379 e. The fraction of sp³-hybridized carbons (Fsp3) is 0.458. The van der Waals surface area contributed by atoms with Crippen LogP contribution in [0.3, 0.4) is 0 Å². The molecule has 0 aliphatic carbocycles. The van der Waals surface area contributed by atoms with Gasteiger partial charge in [-0.3, -0.25) is 9.69 Å². The monoisotopic (exact) mass is 482 g/mol. The molecule has 2 heterocycles. The molecular formula is C24H26Cl2F2N2O2. The Balaban J connectivity index is 1.55. The Bertz CT molecular complexity index is 976. The summed E-state index contributed by atoms with van der Waals surface area (Å²) >= 11 is 12.5. The Labute approximate surface area is 197 Å². The molecule has 0 aromatic heterocycles. The van der Waals surface area contributed by atoms with Crippen molar-refractivity contribution in [3.8, 4) is 0 Å². The van der Waals surface area contributed by atoms with Crippen LogP contribution in [0.5, 0.6) is 0 Å². The van der Waals surface area contributed by atoms with Gasteiger partial charge in [0.15, 0.2) is 0 Å². The van der Waals surface area contributed by atoms with E-state index >= 15 is 8.78 Å². The number of benzene rings is 2. The van der Waals surface area contributed by atoms with Crippen LogP contribution < -0.4 is 0 Å². The minimum Gasteiger partial charge on any atom is -0.379 e. The fourth-order valence-corrected chi connectivity index (χ4v) is 5.16. The van der Waals surface area contributed by atoms with E-state index in [0.29, 0.717) is 60.4 Å². The molecule has 1 fully saturated rings. The predicted octanol–water partition coefficient (Wildman–Crippen LogP) is 5.11. The predicted molar refractivity (Wildman–Crippen MR) is 122 cm³/mol. The number of hydrogen-bond donors (Lipinski definition) is 0. The number of carbonyl (C=O) groups excluding carboxylic acids is 1. The van der Waals surface area contributed by atoms with Gasteiger partial charge in [-0.15, -0.1) is 0 Å². The van der Waals surface area contributed by atoms with Gasteiger partial charge in [0, 0.05) is 35.2 Å². The minimum atomic E-state index is -2.97. The summed E-state index contributed by atoms with van der Waals surface area (Å²) in [5.74, 6) is -3.09. The topological polar surface area (TPSA) is 32.8 Å². The summed E-state index contributed by atoms with van der Waals surface area (Å²) in [5.41, 5.74) is 2.08. The zero-order chi connectivity index (χ0) is 22.9. The molecule has 0 bridgehead atoms. The van der Waals surface area contributed by atoms with Gasteiger partial charge in [-0.2, -0.15) is 8.78 Å². The van der Waals surface area contributed by atoms with Crippen molar-refractivity contribution < 1.29 is 18.3 Å². The van der Waals surface area contributed by atoms with Gasteiger partial charge in [-0.05, 0) is 42.2 Å². The van der Waals surface area contributed by atoms with Crippen molar-refractivity contribution in [2.75, 3.05) is 39.4 Å². The molecule has 8 heteroatoms. The van der Waals surface area contributed by atoms with E-state index in [-0.39, 0.29) is 30.5 Å². The molecule has 1 atom stereocenters. The Morgan fingerprint density at radius 1 is 1.09 bits per heavy atom. The second-order valence-electron chi connectivity index (χ2n) is 8.36. The highest BCUT2D eigenvalue weighted by Crippen LogP contribution is 2.39. The molecule has 2 aromatic rings. The summed E-state index contributed by atoms with van der Waals surface area (Å²) < 4.78 is 35.9. The highest BCUT2D eigenvalue weighted by Gasteiger charge is 2.39. The van der Waals surface area contributed by atoms with Crippen LogP contribution in [0.15, 0.2) is 36.4 Å². The van der Waals surface area contributed by atoms with Gasteiger partial charge in [0.25, 0.3) is 5.92 Å². The van der Waals surface area contributed by atoms with E-state index in [1.54, 1.807) is 34.1 Å². The van der Waals surface area contributed by atoms with Gasteiger partial charge in [0.1, 0.15) is 0 Å². The second kappa shape index (κ2) is 9.64. The first-order valence-corrected chi connectivity index (χ1v) is 11.6. The summed E-state index contributed by atoms with van der Waals surface area (Å²) in [6.07, 6.45) is 0.460. The number of carbonyl (C=O) groups is 1. The van der Waals surface area contributed by atoms with Crippen LogP contribution in [0.1, 0.15) is 35.2 Å². The van der Waals surface area contributed by atoms with Crippen molar-refractivity contribution >= 4 is 29.1 Å². The van der Waals surface area contributed by atoms with Crippen molar-refractivity contribution in [2.24, 2.45) is 0 Å². The smallest absolute Gasteiger partial charge is 0.285 e. The van der Waals surface area contributed by atoms with Crippen molar-refractivity contribution in [2.45, 2.75) is 31.7 Å². The van der Waals surface area contributed by atoms with E-state index in [4.69, 9.17) is 27.9 Å². The lowest BCUT2D eigenvalue weighted by Crippen LogP contribution is -2.44. The van der Waals surface area contributed by atoms with Crippen LogP contribution in [0.25, 0.3) is 0 Å². The Hall–Kier alpha value is -1.73. The Morgan fingerprint density at radius 3 is 2.44 bits per heavy atom. The normalized spacial score (nSPS) is 19.7. The van der Waals surface area contributed by atoms with E-state index in [0.717, 1.165) is 5.56 Å². The average Bonchev–Trinajstić information content (AvgIpc) is 2.76. The Morgan fingerprint density at radius 2 is 1.75 bits per heavy atom. The van der Waals surface area contributed by atoms with Gasteiger partial charge in [0.05, 0.1) is 32.2 Å². The van der Waals surface area contributed by atoms with E-state index < -0.39 is 5.92 Å². The minimum absolute atomic E-state index is 0.0644. The SMILES string of the molecule is C[C@H]1c2cccc(C(F)(F)CN3CCOCC3)c2CCN1C(=O)Cc1c(Cl)cccc1Cl. The lowest BCUT2D eigenvalue weighted by Gasteiger charge is -2.38. The summed E-state index contributed by atoms with van der Waals surface area (Å²) in [5, 5.41) is 0.891. The van der Waals surface area contributed by atoms with E-state index in [1.165, 1.54) is 6.07 Å². The third-order valence-corrected chi connectivity index (χ3v) is 7.07. The molecule has 2 aliphatic rings. The maximum atomic E-state index is 15.3. The average molecular weight is 483 g/mol. The number of rotatable bonds is 5. The van der Waals surface area contributed by atoms with Crippen LogP contribution in [0.4, 0.5) is 8.78 Å². The molecule has 0 saturated carbocycles. The van der Waals surface area contributed by atoms with Gasteiger partial charge in [0.2, 0.25) is 5.91 Å². The standard InChI is InChI=1S/C24H26Cl2F2N2O2/c1-16-17-4-2-5-20(24(27,28)15-29-10-12-32-13-11-29)18(17)8-9-30(16)23(31)14-19-21(25)6-3-7-22(19)26/h2-7,16H,8-15H2,1H3/t16-/m0/s1. The fourth-order valence-electron chi connectivity index (χ4n) is 4.63. The Kier molecular flexibility index (Phi) is 7.06. The van der Waals surface area contributed by atoms with Crippen LogP contribution in [0.2, 0.25) is 10.0 Å². The van der Waals surface area contributed by atoms with Crippen molar-refractivity contribution in [1.82, 2.24) is 9.80 Å². The molecule has 1 saturated heterocycles. The molecule has 172 valence electrons. The van der Waals surface area contributed by atoms with Crippen LogP contribution in [-0.4, -0.2) is 55.1 Å². The summed E-state index contributed by atoms with van der Waals surface area (Å²) in [4.78, 5) is 16.6. The van der Waals surface area contributed by atoms with E-state index in [9.17, 15) is 4.79 Å². The number of nitrogens with zero attached hydrogens (tertiary/aromatic N) is 2. The first-order valence-electron chi connectivity index (χ1n) is 10.8. The number of ether oxygens (including phenoxy) is 1. The molecule has 2 aromatic carbocycles. The molecule has 2 aliphatic heterocycles.